The number of hydrogen-bond acceptors (Lipinski definition) is 4. The van der Waals surface area contributed by atoms with Crippen molar-refractivity contribution in [3.63, 3.8) is 0 Å². The molecule has 0 saturated carbocycles. The average molecular weight is 457 g/mol. The molecule has 0 unspecified atom stereocenters. The molecule has 0 fully saturated rings. The van der Waals surface area contributed by atoms with Crippen LogP contribution in [-0.2, 0) is 9.59 Å². The van der Waals surface area contributed by atoms with Crippen LogP contribution in [0.2, 0.25) is 0 Å². The maximum Gasteiger partial charge on any atom is 0.309 e. The van der Waals surface area contributed by atoms with Crippen LogP contribution in [0.15, 0.2) is 42.5 Å². The van der Waals surface area contributed by atoms with Gasteiger partial charge in [-0.3, -0.25) is 9.59 Å². The molecule has 0 aliphatic heterocycles. The molecule has 0 aliphatic carbocycles. The van der Waals surface area contributed by atoms with Crippen molar-refractivity contribution < 1.29 is 29.3 Å². The first-order chi connectivity index (χ1) is 15.4. The van der Waals surface area contributed by atoms with Crippen molar-refractivity contribution in [1.82, 2.24) is 0 Å². The second-order valence-corrected chi connectivity index (χ2v) is 9.81. The maximum atomic E-state index is 11.3. The fraction of sp³-hybridized carbons (Fsp3) is 0.481. The lowest BCUT2D eigenvalue weighted by Gasteiger charge is -2.20. The number of aryl methyl sites for hydroxylation is 1. The van der Waals surface area contributed by atoms with Gasteiger partial charge in [-0.15, -0.1) is 0 Å². The Morgan fingerprint density at radius 1 is 0.788 bits per heavy atom. The van der Waals surface area contributed by atoms with Crippen molar-refractivity contribution in [3.05, 3.63) is 48.0 Å². The molecule has 2 N–H and O–H groups in total. The van der Waals surface area contributed by atoms with E-state index in [4.69, 9.17) is 9.47 Å². The van der Waals surface area contributed by atoms with Gasteiger partial charge >= 0.3 is 11.9 Å². The molecule has 0 bridgehead atoms. The Hall–Kier alpha value is -3.02. The summed E-state index contributed by atoms with van der Waals surface area (Å²) in [6.07, 6.45) is 2.32. The van der Waals surface area contributed by atoms with E-state index in [0.717, 1.165) is 16.7 Å². The molecule has 180 valence electrons. The second kappa shape index (κ2) is 11.2. The van der Waals surface area contributed by atoms with E-state index >= 15 is 0 Å². The van der Waals surface area contributed by atoms with E-state index < -0.39 is 22.8 Å². The third-order valence-electron chi connectivity index (χ3n) is 5.89. The molecule has 0 atom stereocenters. The van der Waals surface area contributed by atoms with E-state index in [1.807, 2.05) is 49.4 Å². The first kappa shape index (κ1) is 26.2. The molecule has 6 heteroatoms. The van der Waals surface area contributed by atoms with E-state index in [0.29, 0.717) is 50.4 Å². The third-order valence-corrected chi connectivity index (χ3v) is 5.89. The fourth-order valence-corrected chi connectivity index (χ4v) is 3.30. The summed E-state index contributed by atoms with van der Waals surface area (Å²) < 4.78 is 11.9. The van der Waals surface area contributed by atoms with Crippen molar-refractivity contribution in [2.75, 3.05) is 13.2 Å². The molecule has 0 saturated heterocycles. The quantitative estimate of drug-likeness (QED) is 0.349. The number of aliphatic carboxylic acids is 2. The highest BCUT2D eigenvalue weighted by Crippen LogP contribution is 2.34. The highest BCUT2D eigenvalue weighted by atomic mass is 16.5. The minimum Gasteiger partial charge on any atom is -0.494 e. The van der Waals surface area contributed by atoms with Gasteiger partial charge in [0.1, 0.15) is 11.5 Å². The normalized spacial score (nSPS) is 11.8. The number of carbonyl (C=O) groups is 2. The predicted molar refractivity (Wildman–Crippen MR) is 129 cm³/mol. The van der Waals surface area contributed by atoms with Crippen LogP contribution in [0.5, 0.6) is 11.5 Å². The number of benzene rings is 2. The molecule has 0 amide bonds. The number of ether oxygens (including phenoxy) is 2. The van der Waals surface area contributed by atoms with E-state index in [-0.39, 0.29) is 0 Å². The monoisotopic (exact) mass is 456 g/mol. The van der Waals surface area contributed by atoms with Crippen molar-refractivity contribution in [1.29, 1.82) is 0 Å². The molecule has 0 radical (unpaired) electrons. The van der Waals surface area contributed by atoms with Crippen molar-refractivity contribution in [2.24, 2.45) is 10.8 Å². The summed E-state index contributed by atoms with van der Waals surface area (Å²) in [6, 6.07) is 13.8. The van der Waals surface area contributed by atoms with Crippen LogP contribution in [0.25, 0.3) is 11.1 Å². The Bertz CT molecular complexity index is 944. The Balaban J connectivity index is 2.08. The van der Waals surface area contributed by atoms with E-state index in [1.165, 1.54) is 0 Å². The molecule has 0 spiro atoms. The third kappa shape index (κ3) is 7.81. The summed E-state index contributed by atoms with van der Waals surface area (Å²) in [6.45, 7) is 9.74. The maximum absolute atomic E-state index is 11.3. The summed E-state index contributed by atoms with van der Waals surface area (Å²) in [5.74, 6) is -0.210. The molecule has 0 aliphatic rings. The van der Waals surface area contributed by atoms with Crippen LogP contribution in [0.3, 0.4) is 0 Å². The summed E-state index contributed by atoms with van der Waals surface area (Å²) in [4.78, 5) is 22.6. The molecule has 33 heavy (non-hydrogen) atoms. The van der Waals surface area contributed by atoms with Gasteiger partial charge in [-0.05, 0) is 84.1 Å². The summed E-state index contributed by atoms with van der Waals surface area (Å²) >= 11 is 0. The molecule has 0 heterocycles. The molecule has 2 aromatic carbocycles. The highest BCUT2D eigenvalue weighted by molar-refractivity contribution is 5.74. The largest absolute Gasteiger partial charge is 0.494 e. The number of hydrogen-bond donors (Lipinski definition) is 2. The smallest absolute Gasteiger partial charge is 0.309 e. The molecule has 6 nitrogen and oxygen atoms in total. The van der Waals surface area contributed by atoms with Gasteiger partial charge in [0, 0.05) is 5.56 Å². The molecule has 2 aromatic rings. The zero-order valence-corrected chi connectivity index (χ0v) is 20.3. The number of carboxylic acids is 2. The van der Waals surface area contributed by atoms with Gasteiger partial charge in [-0.2, -0.15) is 0 Å². The van der Waals surface area contributed by atoms with Gasteiger partial charge in [0.2, 0.25) is 0 Å². The Morgan fingerprint density at radius 3 is 1.82 bits per heavy atom. The van der Waals surface area contributed by atoms with Gasteiger partial charge in [0.15, 0.2) is 0 Å². The van der Waals surface area contributed by atoms with Crippen LogP contribution in [0.1, 0.15) is 58.9 Å². The predicted octanol–water partition coefficient (Wildman–Crippen LogP) is 6.20. The Labute approximate surface area is 196 Å². The first-order valence-corrected chi connectivity index (χ1v) is 11.4. The topological polar surface area (TPSA) is 93.1 Å². The van der Waals surface area contributed by atoms with Gasteiger partial charge in [-0.1, -0.05) is 29.8 Å². The fourth-order valence-electron chi connectivity index (χ4n) is 3.30. The zero-order valence-electron chi connectivity index (χ0n) is 20.3. The minimum absolute atomic E-state index is 0.417. The summed E-state index contributed by atoms with van der Waals surface area (Å²) in [7, 11) is 0. The Morgan fingerprint density at radius 2 is 1.30 bits per heavy atom. The van der Waals surface area contributed by atoms with Crippen molar-refractivity contribution >= 4 is 11.9 Å². The van der Waals surface area contributed by atoms with E-state index in [9.17, 15) is 19.8 Å². The first-order valence-electron chi connectivity index (χ1n) is 11.4. The zero-order chi connectivity index (χ0) is 24.6. The van der Waals surface area contributed by atoms with Crippen LogP contribution in [-0.4, -0.2) is 35.4 Å². The standard InChI is InChI=1S/C27H36O6/c1-19-8-10-20(11-9-19)22-18-21(32-16-6-14-26(2,3)24(28)29)12-13-23(22)33-17-7-15-27(4,5)25(30)31/h8-13,18H,6-7,14-17H2,1-5H3,(H,28,29)(H,30,31). The van der Waals surface area contributed by atoms with Gasteiger partial charge < -0.3 is 19.7 Å². The molecule has 2 rings (SSSR count). The average Bonchev–Trinajstić information content (AvgIpc) is 2.75. The van der Waals surface area contributed by atoms with Crippen LogP contribution >= 0.6 is 0 Å². The number of carboxylic acid groups (broad SMARTS) is 2. The molecular weight excluding hydrogens is 420 g/mol. The van der Waals surface area contributed by atoms with E-state index in [2.05, 4.69) is 0 Å². The van der Waals surface area contributed by atoms with Gasteiger partial charge in [0.05, 0.1) is 24.0 Å². The van der Waals surface area contributed by atoms with Gasteiger partial charge in [-0.25, -0.2) is 0 Å². The molecular formula is C27H36O6. The van der Waals surface area contributed by atoms with Crippen molar-refractivity contribution in [2.45, 2.75) is 60.3 Å². The lowest BCUT2D eigenvalue weighted by atomic mass is 9.88. The van der Waals surface area contributed by atoms with Crippen molar-refractivity contribution in [3.8, 4) is 22.6 Å². The van der Waals surface area contributed by atoms with Crippen LogP contribution < -0.4 is 9.47 Å². The highest BCUT2D eigenvalue weighted by Gasteiger charge is 2.27. The Kier molecular flexibility index (Phi) is 8.91. The summed E-state index contributed by atoms with van der Waals surface area (Å²) in [5.41, 5.74) is 1.50. The van der Waals surface area contributed by atoms with Crippen LogP contribution in [0, 0.1) is 17.8 Å². The summed E-state index contributed by atoms with van der Waals surface area (Å²) in [5, 5.41) is 18.5. The lowest BCUT2D eigenvalue weighted by molar-refractivity contribution is -0.148. The minimum atomic E-state index is -0.809. The number of rotatable bonds is 13. The van der Waals surface area contributed by atoms with Crippen LogP contribution in [0.4, 0.5) is 0 Å². The van der Waals surface area contributed by atoms with Gasteiger partial charge in [0.25, 0.3) is 0 Å². The lowest BCUT2D eigenvalue weighted by Crippen LogP contribution is -2.24. The van der Waals surface area contributed by atoms with E-state index in [1.54, 1.807) is 27.7 Å². The molecule has 0 aromatic heterocycles. The SMILES string of the molecule is Cc1ccc(-c2cc(OCCCC(C)(C)C(=O)O)ccc2OCCCC(C)(C)C(=O)O)cc1. The second-order valence-electron chi connectivity index (χ2n) is 9.81.